The minimum Gasteiger partial charge on any atom is -0.353 e. The Morgan fingerprint density at radius 3 is 2.78 bits per heavy atom. The van der Waals surface area contributed by atoms with Crippen molar-refractivity contribution in [1.82, 2.24) is 10.2 Å². The Morgan fingerprint density at radius 1 is 1.26 bits per heavy atom. The van der Waals surface area contributed by atoms with Gasteiger partial charge in [0, 0.05) is 25.4 Å². The van der Waals surface area contributed by atoms with Crippen molar-refractivity contribution in [3.63, 3.8) is 0 Å². The summed E-state index contributed by atoms with van der Waals surface area (Å²) < 4.78 is 0. The lowest BCUT2D eigenvalue weighted by Crippen LogP contribution is -2.57. The van der Waals surface area contributed by atoms with E-state index in [0.717, 1.165) is 31.2 Å². The van der Waals surface area contributed by atoms with Crippen LogP contribution in [0.1, 0.15) is 44.6 Å². The van der Waals surface area contributed by atoms with Crippen LogP contribution in [0.3, 0.4) is 0 Å². The first-order valence-corrected chi connectivity index (χ1v) is 8.45. The number of fused-ring (bicyclic) bond motifs is 1. The molecule has 2 fully saturated rings. The Bertz CT molecular complexity index is 597. The second kappa shape index (κ2) is 6.99. The molecule has 4 nitrogen and oxygen atoms in total. The zero-order valence-electron chi connectivity index (χ0n) is 13.6. The number of nitrogens with zero attached hydrogens (tertiary/aromatic N) is 1. The van der Waals surface area contributed by atoms with Crippen molar-refractivity contribution < 1.29 is 9.59 Å². The zero-order valence-corrected chi connectivity index (χ0v) is 13.6. The lowest BCUT2D eigenvalue weighted by atomic mass is 9.85. The molecule has 0 aromatic heterocycles. The SMILES string of the molecule is CC(=O)NC1CC(/C=C/c2ccccc2)N2C(=O)CCCC2C1. The number of carbonyl (C=O) groups is 2. The molecule has 3 atom stereocenters. The van der Waals surface area contributed by atoms with Crippen molar-refractivity contribution in [2.75, 3.05) is 0 Å². The third kappa shape index (κ3) is 3.81. The van der Waals surface area contributed by atoms with Crippen molar-refractivity contribution in [3.05, 3.63) is 42.0 Å². The van der Waals surface area contributed by atoms with Gasteiger partial charge in [0.2, 0.25) is 11.8 Å². The van der Waals surface area contributed by atoms with Gasteiger partial charge in [0.05, 0.1) is 6.04 Å². The highest BCUT2D eigenvalue weighted by molar-refractivity contribution is 5.78. The molecule has 0 bridgehead atoms. The fourth-order valence-corrected chi connectivity index (χ4v) is 3.84. The van der Waals surface area contributed by atoms with Crippen LogP contribution in [0.4, 0.5) is 0 Å². The van der Waals surface area contributed by atoms with Gasteiger partial charge in [-0.05, 0) is 31.2 Å². The summed E-state index contributed by atoms with van der Waals surface area (Å²) in [6.07, 6.45) is 8.53. The van der Waals surface area contributed by atoms with Gasteiger partial charge in [-0.15, -0.1) is 0 Å². The van der Waals surface area contributed by atoms with Crippen LogP contribution >= 0.6 is 0 Å². The molecular weight excluding hydrogens is 288 g/mol. The molecule has 2 heterocycles. The van der Waals surface area contributed by atoms with E-state index in [0.29, 0.717) is 6.42 Å². The molecule has 2 amide bonds. The molecule has 122 valence electrons. The number of hydrogen-bond acceptors (Lipinski definition) is 2. The maximum atomic E-state index is 12.4. The maximum absolute atomic E-state index is 12.4. The van der Waals surface area contributed by atoms with Crippen LogP contribution in [0.2, 0.25) is 0 Å². The molecule has 23 heavy (non-hydrogen) atoms. The molecule has 1 aromatic rings. The van der Waals surface area contributed by atoms with Crippen LogP contribution in [0.25, 0.3) is 6.08 Å². The second-order valence-electron chi connectivity index (χ2n) is 6.55. The molecule has 2 aliphatic heterocycles. The van der Waals surface area contributed by atoms with E-state index in [1.165, 1.54) is 0 Å². The predicted octanol–water partition coefficient (Wildman–Crippen LogP) is 2.75. The number of hydrogen-bond donors (Lipinski definition) is 1. The van der Waals surface area contributed by atoms with Gasteiger partial charge < -0.3 is 10.2 Å². The lowest BCUT2D eigenvalue weighted by Gasteiger charge is -2.47. The van der Waals surface area contributed by atoms with E-state index in [2.05, 4.69) is 34.5 Å². The summed E-state index contributed by atoms with van der Waals surface area (Å²) in [5, 5.41) is 3.05. The first kappa shape index (κ1) is 15.8. The highest BCUT2D eigenvalue weighted by Gasteiger charge is 2.39. The number of piperidine rings is 2. The van der Waals surface area contributed by atoms with Gasteiger partial charge in [0.15, 0.2) is 0 Å². The van der Waals surface area contributed by atoms with Gasteiger partial charge in [-0.1, -0.05) is 42.5 Å². The number of carbonyl (C=O) groups excluding carboxylic acids is 2. The van der Waals surface area contributed by atoms with Gasteiger partial charge in [0.25, 0.3) is 0 Å². The van der Waals surface area contributed by atoms with Crippen molar-refractivity contribution in [2.24, 2.45) is 0 Å². The van der Waals surface area contributed by atoms with E-state index in [-0.39, 0.29) is 29.9 Å². The van der Waals surface area contributed by atoms with Crippen molar-refractivity contribution >= 4 is 17.9 Å². The topological polar surface area (TPSA) is 49.4 Å². The van der Waals surface area contributed by atoms with Crippen LogP contribution in [0.15, 0.2) is 36.4 Å². The summed E-state index contributed by atoms with van der Waals surface area (Å²) in [5.41, 5.74) is 1.13. The predicted molar refractivity (Wildman–Crippen MR) is 90.6 cm³/mol. The third-order valence-electron chi connectivity index (χ3n) is 4.77. The summed E-state index contributed by atoms with van der Waals surface area (Å²) in [4.78, 5) is 25.9. The summed E-state index contributed by atoms with van der Waals surface area (Å²) in [6.45, 7) is 1.56. The van der Waals surface area contributed by atoms with Crippen LogP contribution in [0.5, 0.6) is 0 Å². The van der Waals surface area contributed by atoms with Gasteiger partial charge in [-0.3, -0.25) is 9.59 Å². The van der Waals surface area contributed by atoms with E-state index in [1.54, 1.807) is 6.92 Å². The first-order valence-electron chi connectivity index (χ1n) is 8.45. The van der Waals surface area contributed by atoms with E-state index in [1.807, 2.05) is 18.2 Å². The minimum atomic E-state index is 0.0105. The first-order chi connectivity index (χ1) is 11.1. The van der Waals surface area contributed by atoms with Crippen molar-refractivity contribution in [2.45, 2.75) is 57.2 Å². The average Bonchev–Trinajstić information content (AvgIpc) is 2.53. The van der Waals surface area contributed by atoms with Gasteiger partial charge in [-0.25, -0.2) is 0 Å². The maximum Gasteiger partial charge on any atom is 0.223 e. The number of benzene rings is 1. The fraction of sp³-hybridized carbons (Fsp3) is 0.474. The highest BCUT2D eigenvalue weighted by Crippen LogP contribution is 2.32. The molecule has 3 rings (SSSR count). The smallest absolute Gasteiger partial charge is 0.223 e. The lowest BCUT2D eigenvalue weighted by molar-refractivity contribution is -0.140. The molecule has 4 heteroatoms. The summed E-state index contributed by atoms with van der Waals surface area (Å²) in [5.74, 6) is 0.265. The van der Waals surface area contributed by atoms with Crippen LogP contribution < -0.4 is 5.32 Å². The normalized spacial score (nSPS) is 27.8. The molecule has 2 aliphatic rings. The van der Waals surface area contributed by atoms with Gasteiger partial charge >= 0.3 is 0 Å². The molecule has 0 spiro atoms. The Labute approximate surface area is 137 Å². The molecule has 0 saturated carbocycles. The Hall–Kier alpha value is -2.10. The Morgan fingerprint density at radius 2 is 2.04 bits per heavy atom. The largest absolute Gasteiger partial charge is 0.353 e. The Balaban J connectivity index is 1.79. The van der Waals surface area contributed by atoms with Crippen LogP contribution in [0, 0.1) is 0 Å². The van der Waals surface area contributed by atoms with E-state index >= 15 is 0 Å². The second-order valence-corrected chi connectivity index (χ2v) is 6.55. The van der Waals surface area contributed by atoms with Gasteiger partial charge in [0.1, 0.15) is 0 Å². The summed E-state index contributed by atoms with van der Waals surface area (Å²) in [7, 11) is 0. The molecular formula is C19H24N2O2. The number of amides is 2. The number of rotatable bonds is 3. The van der Waals surface area contributed by atoms with Crippen molar-refractivity contribution in [1.29, 1.82) is 0 Å². The zero-order chi connectivity index (χ0) is 16.2. The van der Waals surface area contributed by atoms with Crippen LogP contribution in [-0.2, 0) is 9.59 Å². The number of nitrogens with one attached hydrogen (secondary N) is 1. The van der Waals surface area contributed by atoms with Gasteiger partial charge in [-0.2, -0.15) is 0 Å². The quantitative estimate of drug-likeness (QED) is 0.933. The molecule has 1 N–H and O–H groups in total. The summed E-state index contributed by atoms with van der Waals surface area (Å²) >= 11 is 0. The molecule has 2 saturated heterocycles. The Kier molecular flexibility index (Phi) is 4.79. The standard InChI is InChI=1S/C19H24N2O2/c1-14(22)20-16-12-17-8-5-9-19(23)21(17)18(13-16)11-10-15-6-3-2-4-7-15/h2-4,6-7,10-11,16-18H,5,8-9,12-13H2,1H3,(H,20,22)/b11-10+. The molecule has 1 aromatic carbocycles. The fourth-order valence-electron chi connectivity index (χ4n) is 3.84. The molecule has 3 unspecified atom stereocenters. The van der Waals surface area contributed by atoms with E-state index in [4.69, 9.17) is 0 Å². The average molecular weight is 312 g/mol. The van der Waals surface area contributed by atoms with E-state index in [9.17, 15) is 9.59 Å². The highest BCUT2D eigenvalue weighted by atomic mass is 16.2. The third-order valence-corrected chi connectivity index (χ3v) is 4.77. The molecule has 0 radical (unpaired) electrons. The molecule has 0 aliphatic carbocycles. The minimum absolute atomic E-state index is 0.0105. The van der Waals surface area contributed by atoms with Crippen molar-refractivity contribution in [3.8, 4) is 0 Å². The van der Waals surface area contributed by atoms with E-state index < -0.39 is 0 Å². The summed E-state index contributed by atoms with van der Waals surface area (Å²) in [6, 6.07) is 10.6. The van der Waals surface area contributed by atoms with Crippen LogP contribution in [-0.4, -0.2) is 34.8 Å². The monoisotopic (exact) mass is 312 g/mol.